The predicted octanol–water partition coefficient (Wildman–Crippen LogP) is 4.73. The van der Waals surface area contributed by atoms with Gasteiger partial charge in [0.2, 0.25) is 0 Å². The molecule has 0 aliphatic carbocycles. The highest BCUT2D eigenvalue weighted by Crippen LogP contribution is 2.20. The summed E-state index contributed by atoms with van der Waals surface area (Å²) in [5.74, 6) is -0.707. The summed E-state index contributed by atoms with van der Waals surface area (Å²) in [6.45, 7) is 0. The Balaban J connectivity index is 1.87. The molecule has 6 heteroatoms. The Kier molecular flexibility index (Phi) is 5.73. The lowest BCUT2D eigenvalue weighted by Crippen LogP contribution is -2.14. The highest BCUT2D eigenvalue weighted by Gasteiger charge is 2.17. The first kappa shape index (κ1) is 20.5. The second-order valence-electron chi connectivity index (χ2n) is 6.90. The minimum absolute atomic E-state index is 0.0236. The number of Topliss-reactive ketones (excluding diaryl/α,β-unsaturated/α-hetero) is 1. The Morgan fingerprint density at radius 3 is 2.22 bits per heavy atom. The maximum Gasteiger partial charge on any atom is 0.281 e. The zero-order valence-electron chi connectivity index (χ0n) is 16.8. The molecule has 2 heterocycles. The number of hydrogen-bond acceptors (Lipinski definition) is 5. The van der Waals surface area contributed by atoms with Crippen LogP contribution in [0.15, 0.2) is 106 Å². The first-order valence-corrected chi connectivity index (χ1v) is 9.77. The van der Waals surface area contributed by atoms with Crippen molar-refractivity contribution in [1.82, 2.24) is 4.40 Å². The minimum atomic E-state index is -0.447. The molecule has 0 amide bonds. The van der Waals surface area contributed by atoms with E-state index in [1.807, 2.05) is 0 Å². The Morgan fingerprint density at radius 2 is 1.56 bits per heavy atom. The number of fused-ring (bicyclic) bond motifs is 1. The summed E-state index contributed by atoms with van der Waals surface area (Å²) < 4.78 is 1.32. The zero-order valence-corrected chi connectivity index (χ0v) is 16.8. The number of nitrogens with zero attached hydrogens (tertiary/aromatic N) is 3. The van der Waals surface area contributed by atoms with E-state index < -0.39 is 11.3 Å². The molecule has 0 aliphatic rings. The quantitative estimate of drug-likeness (QED) is 0.219. The molecule has 0 saturated heterocycles. The third-order valence-electron chi connectivity index (χ3n) is 4.89. The number of ketones is 1. The van der Waals surface area contributed by atoms with Crippen LogP contribution in [0.3, 0.4) is 0 Å². The highest BCUT2D eigenvalue weighted by molar-refractivity contribution is 6.25. The SMILES string of the molecule is N#Cc1cc(N=C/C(C(=O)c2ccccc2)=C(\O)c2ccccc2)c(=O)n2ccccc12. The van der Waals surface area contributed by atoms with E-state index in [0.29, 0.717) is 16.6 Å². The van der Waals surface area contributed by atoms with E-state index in [9.17, 15) is 20.0 Å². The van der Waals surface area contributed by atoms with Gasteiger partial charge in [-0.1, -0.05) is 66.7 Å². The highest BCUT2D eigenvalue weighted by atomic mass is 16.3. The lowest BCUT2D eigenvalue weighted by Gasteiger charge is -2.08. The van der Waals surface area contributed by atoms with E-state index in [2.05, 4.69) is 11.1 Å². The van der Waals surface area contributed by atoms with Gasteiger partial charge in [-0.05, 0) is 18.2 Å². The van der Waals surface area contributed by atoms with Crippen LogP contribution in [0.5, 0.6) is 0 Å². The molecule has 2 aromatic carbocycles. The van der Waals surface area contributed by atoms with Gasteiger partial charge >= 0.3 is 0 Å². The number of benzene rings is 2. The normalized spacial score (nSPS) is 11.8. The summed E-state index contributed by atoms with van der Waals surface area (Å²) in [6.07, 6.45) is 2.72. The van der Waals surface area contributed by atoms with Crippen LogP contribution in [0.4, 0.5) is 5.69 Å². The van der Waals surface area contributed by atoms with Crippen molar-refractivity contribution in [2.45, 2.75) is 0 Å². The topological polar surface area (TPSA) is 94.9 Å². The molecule has 154 valence electrons. The van der Waals surface area contributed by atoms with E-state index >= 15 is 0 Å². The maximum absolute atomic E-state index is 13.2. The van der Waals surface area contributed by atoms with E-state index in [1.165, 1.54) is 16.7 Å². The van der Waals surface area contributed by atoms with Gasteiger partial charge in [-0.2, -0.15) is 5.26 Å². The molecule has 32 heavy (non-hydrogen) atoms. The fourth-order valence-corrected chi connectivity index (χ4v) is 3.28. The van der Waals surface area contributed by atoms with E-state index in [1.54, 1.807) is 85.1 Å². The Labute approximate surface area is 183 Å². The summed E-state index contributed by atoms with van der Waals surface area (Å²) in [5.41, 5.74) is 0.992. The van der Waals surface area contributed by atoms with Gasteiger partial charge in [0.25, 0.3) is 5.56 Å². The summed E-state index contributed by atoms with van der Waals surface area (Å²) >= 11 is 0. The van der Waals surface area contributed by atoms with Crippen molar-refractivity contribution in [1.29, 1.82) is 5.26 Å². The van der Waals surface area contributed by atoms with Crippen LogP contribution in [-0.4, -0.2) is 21.5 Å². The van der Waals surface area contributed by atoms with Gasteiger partial charge in [-0.3, -0.25) is 19.0 Å². The summed E-state index contributed by atoms with van der Waals surface area (Å²) in [7, 11) is 0. The van der Waals surface area contributed by atoms with Crippen molar-refractivity contribution in [2.75, 3.05) is 0 Å². The van der Waals surface area contributed by atoms with Crippen molar-refractivity contribution < 1.29 is 9.90 Å². The Morgan fingerprint density at radius 1 is 0.938 bits per heavy atom. The molecule has 0 saturated carbocycles. The molecule has 0 fully saturated rings. The van der Waals surface area contributed by atoms with Crippen molar-refractivity contribution in [3.8, 4) is 6.07 Å². The number of aromatic nitrogens is 1. The number of aliphatic hydroxyl groups is 1. The number of aliphatic imine (C=N–C) groups is 1. The lowest BCUT2D eigenvalue weighted by molar-refractivity contribution is 0.104. The van der Waals surface area contributed by atoms with Crippen LogP contribution in [0.2, 0.25) is 0 Å². The first-order chi connectivity index (χ1) is 15.6. The third kappa shape index (κ3) is 3.95. The van der Waals surface area contributed by atoms with Gasteiger partial charge in [0.15, 0.2) is 5.78 Å². The number of rotatable bonds is 5. The molecule has 0 radical (unpaired) electrons. The fraction of sp³-hybridized carbons (Fsp3) is 0. The molecule has 0 spiro atoms. The number of pyridine rings is 2. The number of carbonyl (C=O) groups excluding carboxylic acids is 1. The molecule has 0 aliphatic heterocycles. The third-order valence-corrected chi connectivity index (χ3v) is 4.89. The predicted molar refractivity (Wildman–Crippen MR) is 123 cm³/mol. The van der Waals surface area contributed by atoms with E-state index in [4.69, 9.17) is 0 Å². The fourth-order valence-electron chi connectivity index (χ4n) is 3.28. The second kappa shape index (κ2) is 8.94. The average molecular weight is 419 g/mol. The zero-order chi connectivity index (χ0) is 22.5. The van der Waals surface area contributed by atoms with E-state index in [-0.39, 0.29) is 22.6 Å². The van der Waals surface area contributed by atoms with Gasteiger partial charge in [0.05, 0.1) is 16.7 Å². The monoisotopic (exact) mass is 419 g/mol. The second-order valence-corrected chi connectivity index (χ2v) is 6.90. The molecule has 0 bridgehead atoms. The van der Waals surface area contributed by atoms with Gasteiger partial charge in [0.1, 0.15) is 17.5 Å². The van der Waals surface area contributed by atoms with E-state index in [0.717, 1.165) is 0 Å². The number of allylic oxidation sites excluding steroid dienone is 1. The van der Waals surface area contributed by atoms with Gasteiger partial charge in [-0.25, -0.2) is 0 Å². The van der Waals surface area contributed by atoms with Crippen molar-refractivity contribution in [3.05, 3.63) is 124 Å². The molecule has 6 nitrogen and oxygen atoms in total. The number of nitriles is 1. The largest absolute Gasteiger partial charge is 0.506 e. The van der Waals surface area contributed by atoms with Gasteiger partial charge in [0, 0.05) is 23.5 Å². The first-order valence-electron chi connectivity index (χ1n) is 9.77. The van der Waals surface area contributed by atoms with Crippen LogP contribution < -0.4 is 5.56 Å². The smallest absolute Gasteiger partial charge is 0.281 e. The average Bonchev–Trinajstić information content (AvgIpc) is 2.86. The molecule has 0 atom stereocenters. The van der Waals surface area contributed by atoms with Crippen molar-refractivity contribution >= 4 is 29.0 Å². The van der Waals surface area contributed by atoms with Gasteiger partial charge in [-0.15, -0.1) is 0 Å². The van der Waals surface area contributed by atoms with Crippen LogP contribution in [0.25, 0.3) is 11.3 Å². The Hall–Kier alpha value is -4.76. The lowest BCUT2D eigenvalue weighted by atomic mass is 10.00. The summed E-state index contributed by atoms with van der Waals surface area (Å²) in [4.78, 5) is 30.2. The molecule has 0 unspecified atom stereocenters. The molecular formula is C26H17N3O3. The van der Waals surface area contributed by atoms with Gasteiger partial charge < -0.3 is 5.11 Å². The van der Waals surface area contributed by atoms with Crippen LogP contribution in [0.1, 0.15) is 21.5 Å². The molecule has 4 rings (SSSR count). The summed E-state index contributed by atoms with van der Waals surface area (Å²) in [5, 5.41) is 20.3. The molecule has 2 aromatic heterocycles. The minimum Gasteiger partial charge on any atom is -0.506 e. The van der Waals surface area contributed by atoms with Crippen molar-refractivity contribution in [2.24, 2.45) is 4.99 Å². The number of carbonyl (C=O) groups is 1. The van der Waals surface area contributed by atoms with Crippen LogP contribution in [0, 0.1) is 11.3 Å². The standard InChI is InChI=1S/C26H17N3O3/c27-16-20-15-22(26(32)29-14-8-7-13-23(20)29)28-17-21(24(30)18-9-3-1-4-10-18)25(31)19-11-5-2-6-12-19/h1-15,17,30H/b24-21+,28-17?. The van der Waals surface area contributed by atoms with Crippen LogP contribution in [-0.2, 0) is 0 Å². The van der Waals surface area contributed by atoms with Crippen molar-refractivity contribution in [3.63, 3.8) is 0 Å². The summed E-state index contributed by atoms with van der Waals surface area (Å²) in [6, 6.07) is 25.6. The number of aliphatic hydroxyl groups excluding tert-OH is 1. The maximum atomic E-state index is 13.2. The molecular weight excluding hydrogens is 402 g/mol. The Bertz CT molecular complexity index is 1460. The molecule has 1 N–H and O–H groups in total. The molecule has 4 aromatic rings. The number of hydrogen-bond donors (Lipinski definition) is 1. The van der Waals surface area contributed by atoms with Crippen LogP contribution >= 0.6 is 0 Å².